The Morgan fingerprint density at radius 2 is 1.88 bits per heavy atom. The Balaban J connectivity index is 1.58. The predicted octanol–water partition coefficient (Wildman–Crippen LogP) is 5.27. The normalized spacial score (nSPS) is 18.1. The number of rotatable bonds is 7. The van der Waals surface area contributed by atoms with Crippen molar-refractivity contribution in [1.82, 2.24) is 4.90 Å². The van der Waals surface area contributed by atoms with Crippen molar-refractivity contribution in [3.05, 3.63) is 64.2 Å². The molecule has 33 heavy (non-hydrogen) atoms. The van der Waals surface area contributed by atoms with Crippen molar-refractivity contribution in [2.45, 2.75) is 38.5 Å². The molecule has 6 nitrogen and oxygen atoms in total. The van der Waals surface area contributed by atoms with Crippen LogP contribution in [0.1, 0.15) is 43.2 Å². The Hall–Kier alpha value is -3.11. The zero-order valence-corrected chi connectivity index (χ0v) is 20.2. The molecular weight excluding hydrogens is 434 g/mol. The zero-order chi connectivity index (χ0) is 23.4. The molecule has 0 bridgehead atoms. The maximum Gasteiger partial charge on any atom is 0.229 e. The molecule has 7 heteroatoms. The van der Waals surface area contributed by atoms with Crippen LogP contribution in [-0.4, -0.2) is 37.6 Å². The summed E-state index contributed by atoms with van der Waals surface area (Å²) in [6, 6.07) is 16.6. The first kappa shape index (κ1) is 23.1. The van der Waals surface area contributed by atoms with E-state index in [-0.39, 0.29) is 18.2 Å². The van der Waals surface area contributed by atoms with E-state index >= 15 is 0 Å². The number of hydrogen-bond donors (Lipinski definition) is 0. The third kappa shape index (κ3) is 4.67. The second-order valence-corrected chi connectivity index (χ2v) is 9.18. The van der Waals surface area contributed by atoms with Crippen LogP contribution in [-0.2, 0) is 11.2 Å². The summed E-state index contributed by atoms with van der Waals surface area (Å²) in [7, 11) is 3.17. The summed E-state index contributed by atoms with van der Waals surface area (Å²) >= 11 is 1.55. The van der Waals surface area contributed by atoms with E-state index in [2.05, 4.69) is 42.2 Å². The Labute approximate surface area is 199 Å². The van der Waals surface area contributed by atoms with Crippen molar-refractivity contribution in [1.29, 1.82) is 5.26 Å². The summed E-state index contributed by atoms with van der Waals surface area (Å²) in [5, 5.41) is 10.8. The molecule has 0 saturated carbocycles. The molecule has 2 aliphatic rings. The average molecular weight is 464 g/mol. The van der Waals surface area contributed by atoms with Crippen molar-refractivity contribution in [2.75, 3.05) is 31.7 Å². The fourth-order valence-electron chi connectivity index (χ4n) is 4.33. The van der Waals surface area contributed by atoms with Gasteiger partial charge in [-0.05, 0) is 48.2 Å². The van der Waals surface area contributed by atoms with Crippen LogP contribution in [0.4, 0.5) is 5.69 Å². The van der Waals surface area contributed by atoms with Crippen molar-refractivity contribution in [3.8, 4) is 17.6 Å². The van der Waals surface area contributed by atoms with Crippen LogP contribution in [0.15, 0.2) is 53.1 Å². The lowest BCUT2D eigenvalue weighted by Crippen LogP contribution is -2.47. The van der Waals surface area contributed by atoms with E-state index in [0.717, 1.165) is 22.7 Å². The van der Waals surface area contributed by atoms with Crippen LogP contribution in [0.5, 0.6) is 11.5 Å². The summed E-state index contributed by atoms with van der Waals surface area (Å²) in [5.74, 6) is 1.65. The number of carbonyl (C=O) groups excluding carboxylic acids is 1. The number of hydrogen-bond acceptors (Lipinski definition) is 6. The number of carbonyl (C=O) groups is 1. The van der Waals surface area contributed by atoms with E-state index in [1.807, 2.05) is 18.2 Å². The molecular formula is C26H29N3O3S. The smallest absolute Gasteiger partial charge is 0.229 e. The van der Waals surface area contributed by atoms with Crippen LogP contribution in [0, 0.1) is 11.3 Å². The van der Waals surface area contributed by atoms with E-state index < -0.39 is 0 Å². The first-order valence-electron chi connectivity index (χ1n) is 11.2. The summed E-state index contributed by atoms with van der Waals surface area (Å²) in [6.45, 7) is 2.66. The number of nitriles is 1. The van der Waals surface area contributed by atoms with Gasteiger partial charge in [0.25, 0.3) is 0 Å². The molecule has 4 rings (SSSR count). The van der Waals surface area contributed by atoms with E-state index in [4.69, 9.17) is 9.47 Å². The number of unbranched alkanes of at least 4 members (excludes halogenated alkanes) is 1. The lowest BCUT2D eigenvalue weighted by molar-refractivity contribution is -0.129. The monoisotopic (exact) mass is 463 g/mol. The quantitative estimate of drug-likeness (QED) is 0.558. The van der Waals surface area contributed by atoms with Crippen molar-refractivity contribution in [2.24, 2.45) is 0 Å². The number of fused-ring (bicyclic) bond motifs is 1. The summed E-state index contributed by atoms with van der Waals surface area (Å²) in [4.78, 5) is 17.1. The first-order chi connectivity index (χ1) is 16.1. The topological polar surface area (TPSA) is 65.8 Å². The van der Waals surface area contributed by atoms with Crippen LogP contribution >= 0.6 is 11.8 Å². The van der Waals surface area contributed by atoms with Crippen LogP contribution in [0.25, 0.3) is 0 Å². The van der Waals surface area contributed by atoms with Crippen molar-refractivity contribution in [3.63, 3.8) is 0 Å². The zero-order valence-electron chi connectivity index (χ0n) is 19.3. The Morgan fingerprint density at radius 1 is 1.12 bits per heavy atom. The lowest BCUT2D eigenvalue weighted by Gasteiger charge is -2.42. The standard InChI is InChI=1S/C26H29N3O3S/c1-4-5-6-18-7-10-20(11-8-18)28-16-29-25(30)14-21(22(15-27)26(29)33-17-28)19-9-12-23(31-2)24(13-19)32-3/h7-13,21H,4-6,14,16-17H2,1-3H3/t21-/m1/s1. The number of amides is 1. The minimum absolute atomic E-state index is 0.0283. The van der Waals surface area contributed by atoms with Gasteiger partial charge in [0.2, 0.25) is 5.91 Å². The summed E-state index contributed by atoms with van der Waals surface area (Å²) < 4.78 is 10.8. The van der Waals surface area contributed by atoms with E-state index in [9.17, 15) is 10.1 Å². The third-order valence-electron chi connectivity index (χ3n) is 6.22. The third-order valence-corrected chi connectivity index (χ3v) is 7.38. The number of allylic oxidation sites excluding steroid dienone is 1. The van der Waals surface area contributed by atoms with E-state index in [0.29, 0.717) is 29.6 Å². The second-order valence-electron chi connectivity index (χ2n) is 8.25. The summed E-state index contributed by atoms with van der Waals surface area (Å²) in [6.07, 6.45) is 3.72. The van der Waals surface area contributed by atoms with Gasteiger partial charge in [-0.15, -0.1) is 0 Å². The molecule has 0 unspecified atom stereocenters. The molecule has 2 aromatic rings. The number of methoxy groups -OCH3 is 2. The molecule has 1 atom stereocenters. The predicted molar refractivity (Wildman–Crippen MR) is 131 cm³/mol. The van der Waals surface area contributed by atoms with Gasteiger partial charge in [-0.1, -0.05) is 43.3 Å². The first-order valence-corrected chi connectivity index (χ1v) is 12.2. The van der Waals surface area contributed by atoms with Gasteiger partial charge in [-0.2, -0.15) is 5.26 Å². The van der Waals surface area contributed by atoms with Gasteiger partial charge < -0.3 is 14.4 Å². The molecule has 2 aliphatic heterocycles. The Bertz CT molecular complexity index is 1090. The van der Waals surface area contributed by atoms with Gasteiger partial charge in [0.1, 0.15) is 0 Å². The fraction of sp³-hybridized carbons (Fsp3) is 0.385. The Morgan fingerprint density at radius 3 is 2.55 bits per heavy atom. The number of anilines is 1. The van der Waals surface area contributed by atoms with Gasteiger partial charge in [0.15, 0.2) is 11.5 Å². The molecule has 0 radical (unpaired) electrons. The molecule has 0 N–H and O–H groups in total. The van der Waals surface area contributed by atoms with Gasteiger partial charge >= 0.3 is 0 Å². The minimum Gasteiger partial charge on any atom is -0.493 e. The van der Waals surface area contributed by atoms with Gasteiger partial charge in [-0.3, -0.25) is 9.69 Å². The SMILES string of the molecule is CCCCc1ccc(N2CSC3=C(C#N)[C@@H](c4ccc(OC)c(OC)c4)CC(=O)N3C2)cc1. The number of nitrogens with zero attached hydrogens (tertiary/aromatic N) is 3. The molecule has 2 aromatic carbocycles. The largest absolute Gasteiger partial charge is 0.493 e. The number of benzene rings is 2. The van der Waals surface area contributed by atoms with Gasteiger partial charge in [0.05, 0.1) is 43.4 Å². The number of ether oxygens (including phenoxy) is 2. The van der Waals surface area contributed by atoms with Gasteiger partial charge in [-0.25, -0.2) is 0 Å². The van der Waals surface area contributed by atoms with Crippen molar-refractivity contribution < 1.29 is 14.3 Å². The van der Waals surface area contributed by atoms with E-state index in [1.54, 1.807) is 30.9 Å². The van der Waals surface area contributed by atoms with Crippen LogP contribution in [0.3, 0.4) is 0 Å². The molecule has 172 valence electrons. The number of aryl methyl sites for hydroxylation is 1. The van der Waals surface area contributed by atoms with Crippen LogP contribution in [0.2, 0.25) is 0 Å². The van der Waals surface area contributed by atoms with Gasteiger partial charge in [0, 0.05) is 18.0 Å². The summed E-state index contributed by atoms with van der Waals surface area (Å²) in [5.41, 5.74) is 3.95. The highest BCUT2D eigenvalue weighted by molar-refractivity contribution is 8.03. The molecule has 0 aromatic heterocycles. The molecule has 0 aliphatic carbocycles. The maximum absolute atomic E-state index is 13.2. The van der Waals surface area contributed by atoms with Crippen molar-refractivity contribution >= 4 is 23.4 Å². The molecule has 1 fully saturated rings. The molecule has 1 saturated heterocycles. The highest BCUT2D eigenvalue weighted by Gasteiger charge is 2.38. The highest BCUT2D eigenvalue weighted by Crippen LogP contribution is 2.44. The molecule has 2 heterocycles. The Kier molecular flexibility index (Phi) is 7.14. The fourth-order valence-corrected chi connectivity index (χ4v) is 5.50. The highest BCUT2D eigenvalue weighted by atomic mass is 32.2. The lowest BCUT2D eigenvalue weighted by atomic mass is 9.86. The van der Waals surface area contributed by atoms with E-state index in [1.165, 1.54) is 18.4 Å². The maximum atomic E-state index is 13.2. The average Bonchev–Trinajstić information content (AvgIpc) is 2.87. The number of thioether (sulfide) groups is 1. The minimum atomic E-state index is -0.287. The molecule has 0 spiro atoms. The van der Waals surface area contributed by atoms with Crippen LogP contribution < -0.4 is 14.4 Å². The molecule has 1 amide bonds. The second kappa shape index (κ2) is 10.2.